The molecule has 0 aliphatic rings. The Morgan fingerprint density at radius 3 is 2.50 bits per heavy atom. The van der Waals surface area contributed by atoms with E-state index in [1.54, 1.807) is 36.4 Å². The van der Waals surface area contributed by atoms with Gasteiger partial charge in [-0.25, -0.2) is 4.39 Å². The molecule has 0 unspecified atom stereocenters. The van der Waals surface area contributed by atoms with Crippen molar-refractivity contribution in [2.45, 2.75) is 29.5 Å². The molecule has 3 nitrogen and oxygen atoms in total. The van der Waals surface area contributed by atoms with E-state index in [0.717, 1.165) is 16.8 Å². The predicted molar refractivity (Wildman–Crippen MR) is 138 cm³/mol. The van der Waals surface area contributed by atoms with Crippen molar-refractivity contribution in [2.24, 2.45) is 0 Å². The van der Waals surface area contributed by atoms with Gasteiger partial charge in [0.1, 0.15) is 0 Å². The molecular weight excluding hydrogens is 517 g/mol. The van der Waals surface area contributed by atoms with Crippen LogP contribution in [0.4, 0.5) is 8.78 Å². The van der Waals surface area contributed by atoms with Crippen LogP contribution in [-0.4, -0.2) is 24.2 Å². The third-order valence-electron chi connectivity index (χ3n) is 5.72. The molecule has 0 amide bonds. The summed E-state index contributed by atoms with van der Waals surface area (Å²) in [6.45, 7) is 4.44. The Labute approximate surface area is 207 Å². The predicted octanol–water partition coefficient (Wildman–Crippen LogP) is 7.10. The average molecular weight is 541 g/mol. The summed E-state index contributed by atoms with van der Waals surface area (Å²) in [6.07, 6.45) is 3.23. The number of benzene rings is 3. The molecule has 0 saturated heterocycles. The Kier molecular flexibility index (Phi) is 7.65. The van der Waals surface area contributed by atoms with Gasteiger partial charge < -0.3 is 0 Å². The van der Waals surface area contributed by atoms with Gasteiger partial charge in [0, 0.05) is 0 Å². The Bertz CT molecular complexity index is 1430. The van der Waals surface area contributed by atoms with Crippen LogP contribution in [0, 0.1) is 11.6 Å². The van der Waals surface area contributed by atoms with Crippen molar-refractivity contribution in [1.29, 1.82) is 0 Å². The minimum atomic E-state index is -0.949. The Morgan fingerprint density at radius 1 is 1.00 bits per heavy atom. The zero-order valence-electron chi connectivity index (χ0n) is 18.9. The molecule has 0 spiro atoms. The van der Waals surface area contributed by atoms with E-state index in [0.29, 0.717) is 21.8 Å². The average Bonchev–Trinajstić information content (AvgIpc) is 2.84. The molecule has 0 aliphatic heterocycles. The van der Waals surface area contributed by atoms with Crippen LogP contribution in [0.25, 0.3) is 28.7 Å². The fourth-order valence-electron chi connectivity index (χ4n) is 3.84. The molecule has 0 atom stereocenters. The van der Waals surface area contributed by atoms with Crippen LogP contribution >= 0.6 is 11.6 Å². The molecule has 34 heavy (non-hydrogen) atoms. The van der Waals surface area contributed by atoms with Gasteiger partial charge in [-0.15, -0.1) is 0 Å². The number of halogens is 3. The summed E-state index contributed by atoms with van der Waals surface area (Å²) in [5.41, 5.74) is 1.87. The standard InChI is InChI=1S/C27H24AsClF2N2O/c1-3-28(4-2)17-18-9-12-23(31)19(15-18)10-14-26-32-24-13-11-20(30)16-21(24)27(34)33(26)25-8-6-5-7-22(25)29/h5-16H,3-4,17H2,1-2H3/b14-10+. The Balaban J connectivity index is 1.85. The molecule has 0 aliphatic carbocycles. The summed E-state index contributed by atoms with van der Waals surface area (Å²) in [5.74, 6) is -0.598. The third kappa shape index (κ3) is 5.16. The summed E-state index contributed by atoms with van der Waals surface area (Å²) in [5, 5.41) is 3.92. The zero-order chi connectivity index (χ0) is 24.2. The minimum absolute atomic E-state index is 0.139. The van der Waals surface area contributed by atoms with Gasteiger partial charge in [0.05, 0.1) is 0 Å². The van der Waals surface area contributed by atoms with Crippen molar-refractivity contribution in [3.63, 3.8) is 0 Å². The fraction of sp³-hybridized carbons (Fsp3) is 0.185. The van der Waals surface area contributed by atoms with E-state index in [-0.39, 0.29) is 17.0 Å². The number of hydrogen-bond acceptors (Lipinski definition) is 2. The molecule has 0 radical (unpaired) electrons. The summed E-state index contributed by atoms with van der Waals surface area (Å²) in [7, 11) is 0. The van der Waals surface area contributed by atoms with Crippen LogP contribution in [0.1, 0.15) is 30.8 Å². The number of nitrogens with zero attached hydrogens (tertiary/aromatic N) is 2. The van der Waals surface area contributed by atoms with Crippen molar-refractivity contribution in [3.8, 4) is 5.69 Å². The first-order chi connectivity index (χ1) is 16.4. The van der Waals surface area contributed by atoms with E-state index < -0.39 is 26.0 Å². The molecule has 4 aromatic rings. The quantitative estimate of drug-likeness (QED) is 0.234. The molecule has 3 aromatic carbocycles. The topological polar surface area (TPSA) is 34.9 Å². The van der Waals surface area contributed by atoms with Gasteiger partial charge in [-0.1, -0.05) is 0 Å². The molecule has 7 heteroatoms. The number of aromatic nitrogens is 2. The first kappa shape index (κ1) is 24.4. The number of hydrogen-bond donors (Lipinski definition) is 0. The fourth-order valence-corrected chi connectivity index (χ4v) is 7.43. The van der Waals surface area contributed by atoms with Gasteiger partial charge in [-0.05, 0) is 0 Å². The molecule has 0 N–H and O–H groups in total. The normalized spacial score (nSPS) is 11.7. The van der Waals surface area contributed by atoms with Crippen molar-refractivity contribution in [1.82, 2.24) is 9.55 Å². The summed E-state index contributed by atoms with van der Waals surface area (Å²) >= 11 is 5.43. The summed E-state index contributed by atoms with van der Waals surface area (Å²) < 4.78 is 29.8. The summed E-state index contributed by atoms with van der Waals surface area (Å²) in [4.78, 5) is 17.9. The van der Waals surface area contributed by atoms with Gasteiger partial charge in [0.25, 0.3) is 0 Å². The van der Waals surface area contributed by atoms with Gasteiger partial charge in [0.15, 0.2) is 0 Å². The maximum atomic E-state index is 14.6. The van der Waals surface area contributed by atoms with Crippen LogP contribution in [0.5, 0.6) is 0 Å². The molecular formula is C27H24AsClF2N2O. The molecule has 0 saturated carbocycles. The third-order valence-corrected chi connectivity index (χ3v) is 11.5. The van der Waals surface area contributed by atoms with Gasteiger partial charge >= 0.3 is 203 Å². The first-order valence-electron chi connectivity index (χ1n) is 11.1. The molecule has 1 aromatic heterocycles. The maximum absolute atomic E-state index is 14.6. The van der Waals surface area contributed by atoms with Crippen LogP contribution in [0.3, 0.4) is 0 Å². The second-order valence-electron chi connectivity index (χ2n) is 7.87. The van der Waals surface area contributed by atoms with Gasteiger partial charge in [0.2, 0.25) is 0 Å². The van der Waals surface area contributed by atoms with Crippen LogP contribution in [-0.2, 0) is 5.21 Å². The molecule has 0 fully saturated rings. The van der Waals surface area contributed by atoms with Crippen LogP contribution in [0.15, 0.2) is 65.5 Å². The molecule has 0 bridgehead atoms. The van der Waals surface area contributed by atoms with Crippen molar-refractivity contribution < 1.29 is 8.78 Å². The molecule has 1 heterocycles. The first-order valence-corrected chi connectivity index (χ1v) is 15.4. The van der Waals surface area contributed by atoms with Gasteiger partial charge in [-0.3, -0.25) is 0 Å². The summed E-state index contributed by atoms with van der Waals surface area (Å²) in [6, 6.07) is 16.0. The second kappa shape index (κ2) is 10.7. The SMILES string of the molecule is CC[As](CC)Cc1ccc(F)c(/C=C/c2nc3ccc(F)cc3c(=O)n2-c2ccccc2Cl)c1. The zero-order valence-corrected chi connectivity index (χ0v) is 21.6. The monoisotopic (exact) mass is 540 g/mol. The second-order valence-corrected chi connectivity index (χ2v) is 14.4. The van der Waals surface area contributed by atoms with Crippen LogP contribution < -0.4 is 5.56 Å². The molecule has 174 valence electrons. The van der Waals surface area contributed by atoms with E-state index in [1.165, 1.54) is 33.2 Å². The van der Waals surface area contributed by atoms with Crippen LogP contribution in [0.2, 0.25) is 15.4 Å². The number of fused-ring (bicyclic) bond motifs is 1. The van der Waals surface area contributed by atoms with E-state index >= 15 is 0 Å². The van der Waals surface area contributed by atoms with Crippen molar-refractivity contribution in [2.75, 3.05) is 0 Å². The van der Waals surface area contributed by atoms with E-state index in [2.05, 4.69) is 18.8 Å². The van der Waals surface area contributed by atoms with Crippen molar-refractivity contribution >= 4 is 49.3 Å². The Morgan fingerprint density at radius 2 is 1.76 bits per heavy atom. The number of para-hydroxylation sites is 1. The number of rotatable bonds is 7. The molecule has 4 rings (SSSR count). The van der Waals surface area contributed by atoms with E-state index in [1.807, 2.05) is 12.1 Å². The van der Waals surface area contributed by atoms with Gasteiger partial charge in [-0.2, -0.15) is 0 Å². The van der Waals surface area contributed by atoms with E-state index in [9.17, 15) is 13.6 Å². The van der Waals surface area contributed by atoms with Crippen molar-refractivity contribution in [3.05, 3.63) is 105 Å². The Hall–Kier alpha value is -2.75. The van der Waals surface area contributed by atoms with E-state index in [4.69, 9.17) is 11.6 Å².